The van der Waals surface area contributed by atoms with Crippen molar-refractivity contribution in [2.45, 2.75) is 38.3 Å². The van der Waals surface area contributed by atoms with Crippen molar-refractivity contribution in [2.24, 2.45) is 0 Å². The lowest BCUT2D eigenvalue weighted by Crippen LogP contribution is -2.45. The Morgan fingerprint density at radius 2 is 2.00 bits per heavy atom. The molecule has 0 aromatic carbocycles. The molecule has 0 aromatic heterocycles. The molecule has 82 valence electrons. The zero-order chi connectivity index (χ0) is 9.80. The molecule has 3 heteroatoms. The van der Waals surface area contributed by atoms with Gasteiger partial charge in [-0.1, -0.05) is 6.92 Å². The molecule has 2 fully saturated rings. The summed E-state index contributed by atoms with van der Waals surface area (Å²) in [6.45, 7) is 6.00. The lowest BCUT2D eigenvalue weighted by molar-refractivity contribution is 0.142. The molecule has 2 nitrogen and oxygen atoms in total. The molecule has 2 heterocycles. The first-order valence-corrected chi connectivity index (χ1v) is 7.11. The SMILES string of the molecule is CCN(C1CCSCC1)C1CCNC1. The fraction of sp³-hybridized carbons (Fsp3) is 1.00. The van der Waals surface area contributed by atoms with Crippen LogP contribution in [0.25, 0.3) is 0 Å². The van der Waals surface area contributed by atoms with Crippen molar-refractivity contribution in [3.8, 4) is 0 Å². The van der Waals surface area contributed by atoms with Crippen LogP contribution in [0.2, 0.25) is 0 Å². The second-order valence-corrected chi connectivity index (χ2v) is 5.55. The van der Waals surface area contributed by atoms with Gasteiger partial charge in [0.05, 0.1) is 0 Å². The van der Waals surface area contributed by atoms with Crippen molar-refractivity contribution in [2.75, 3.05) is 31.1 Å². The molecule has 0 radical (unpaired) electrons. The normalized spacial score (nSPS) is 30.0. The average molecular weight is 214 g/mol. The minimum absolute atomic E-state index is 0.827. The first kappa shape index (κ1) is 10.8. The monoisotopic (exact) mass is 214 g/mol. The summed E-state index contributed by atoms with van der Waals surface area (Å²) in [7, 11) is 0. The highest BCUT2D eigenvalue weighted by Gasteiger charge is 2.28. The summed E-state index contributed by atoms with van der Waals surface area (Å²) in [6, 6.07) is 1.71. The van der Waals surface area contributed by atoms with Crippen LogP contribution in [0.3, 0.4) is 0 Å². The number of nitrogens with one attached hydrogen (secondary N) is 1. The summed E-state index contributed by atoms with van der Waals surface area (Å²) < 4.78 is 0. The average Bonchev–Trinajstić information content (AvgIpc) is 2.74. The first-order chi connectivity index (χ1) is 6.92. The van der Waals surface area contributed by atoms with Gasteiger partial charge in [0.2, 0.25) is 0 Å². The van der Waals surface area contributed by atoms with Crippen molar-refractivity contribution in [1.29, 1.82) is 0 Å². The Labute approximate surface area is 91.8 Å². The van der Waals surface area contributed by atoms with Gasteiger partial charge >= 0.3 is 0 Å². The van der Waals surface area contributed by atoms with Crippen molar-refractivity contribution in [3.63, 3.8) is 0 Å². The molecule has 0 bridgehead atoms. The molecule has 2 rings (SSSR count). The van der Waals surface area contributed by atoms with E-state index in [9.17, 15) is 0 Å². The summed E-state index contributed by atoms with van der Waals surface area (Å²) in [5.74, 6) is 2.75. The van der Waals surface area contributed by atoms with Crippen LogP contribution >= 0.6 is 11.8 Å². The topological polar surface area (TPSA) is 15.3 Å². The third kappa shape index (κ3) is 2.44. The summed E-state index contributed by atoms with van der Waals surface area (Å²) >= 11 is 2.13. The van der Waals surface area contributed by atoms with E-state index in [1.165, 1.54) is 50.4 Å². The Kier molecular flexibility index (Phi) is 4.14. The van der Waals surface area contributed by atoms with E-state index in [-0.39, 0.29) is 0 Å². The minimum atomic E-state index is 0.827. The molecule has 2 saturated heterocycles. The Morgan fingerprint density at radius 3 is 2.57 bits per heavy atom. The number of thioether (sulfide) groups is 1. The molecular formula is C11H22N2S. The molecule has 1 N–H and O–H groups in total. The van der Waals surface area contributed by atoms with E-state index in [2.05, 4.69) is 28.9 Å². The number of hydrogen-bond acceptors (Lipinski definition) is 3. The van der Waals surface area contributed by atoms with Gasteiger partial charge in [-0.05, 0) is 43.9 Å². The number of hydrogen-bond donors (Lipinski definition) is 1. The van der Waals surface area contributed by atoms with Gasteiger partial charge in [0.15, 0.2) is 0 Å². The van der Waals surface area contributed by atoms with Crippen LogP contribution < -0.4 is 5.32 Å². The van der Waals surface area contributed by atoms with Gasteiger partial charge in [-0.15, -0.1) is 0 Å². The zero-order valence-electron chi connectivity index (χ0n) is 9.17. The Morgan fingerprint density at radius 1 is 1.21 bits per heavy atom. The van der Waals surface area contributed by atoms with Gasteiger partial charge in [0, 0.05) is 18.6 Å². The number of rotatable bonds is 3. The van der Waals surface area contributed by atoms with Crippen molar-refractivity contribution in [3.05, 3.63) is 0 Å². The molecule has 0 saturated carbocycles. The minimum Gasteiger partial charge on any atom is -0.315 e. The Bertz CT molecular complexity index is 163. The summed E-state index contributed by atoms with van der Waals surface area (Å²) in [4.78, 5) is 2.75. The Balaban J connectivity index is 1.89. The zero-order valence-corrected chi connectivity index (χ0v) is 9.98. The van der Waals surface area contributed by atoms with E-state index >= 15 is 0 Å². The van der Waals surface area contributed by atoms with E-state index < -0.39 is 0 Å². The largest absolute Gasteiger partial charge is 0.315 e. The Hall–Kier alpha value is 0.270. The molecule has 0 amide bonds. The van der Waals surface area contributed by atoms with E-state index in [0.29, 0.717) is 0 Å². The van der Waals surface area contributed by atoms with Crippen molar-refractivity contribution >= 4 is 11.8 Å². The van der Waals surface area contributed by atoms with Gasteiger partial charge in [-0.25, -0.2) is 0 Å². The predicted molar refractivity (Wildman–Crippen MR) is 64.0 cm³/mol. The summed E-state index contributed by atoms with van der Waals surface area (Å²) in [6.07, 6.45) is 4.18. The van der Waals surface area contributed by atoms with Crippen LogP contribution in [-0.4, -0.2) is 48.1 Å². The molecule has 2 aliphatic rings. The maximum absolute atomic E-state index is 3.48. The van der Waals surface area contributed by atoms with Gasteiger partial charge < -0.3 is 5.32 Å². The second-order valence-electron chi connectivity index (χ2n) is 4.32. The molecule has 1 unspecified atom stereocenters. The molecular weight excluding hydrogens is 192 g/mol. The fourth-order valence-corrected chi connectivity index (χ4v) is 3.84. The fourth-order valence-electron chi connectivity index (χ4n) is 2.75. The third-order valence-corrected chi connectivity index (χ3v) is 4.58. The highest BCUT2D eigenvalue weighted by atomic mass is 32.2. The maximum Gasteiger partial charge on any atom is 0.0235 e. The van der Waals surface area contributed by atoms with Gasteiger partial charge in [0.1, 0.15) is 0 Å². The highest BCUT2D eigenvalue weighted by molar-refractivity contribution is 7.99. The molecule has 2 aliphatic heterocycles. The van der Waals surface area contributed by atoms with Crippen LogP contribution in [0, 0.1) is 0 Å². The van der Waals surface area contributed by atoms with Crippen LogP contribution in [0.5, 0.6) is 0 Å². The first-order valence-electron chi connectivity index (χ1n) is 5.96. The van der Waals surface area contributed by atoms with Crippen LogP contribution in [0.4, 0.5) is 0 Å². The summed E-state index contributed by atoms with van der Waals surface area (Å²) in [5.41, 5.74) is 0. The van der Waals surface area contributed by atoms with Gasteiger partial charge in [-0.2, -0.15) is 11.8 Å². The quantitative estimate of drug-likeness (QED) is 0.768. The molecule has 1 atom stereocenters. The molecule has 0 aliphatic carbocycles. The van der Waals surface area contributed by atoms with Gasteiger partial charge in [-0.3, -0.25) is 4.90 Å². The smallest absolute Gasteiger partial charge is 0.0235 e. The molecule has 0 spiro atoms. The van der Waals surface area contributed by atoms with Crippen LogP contribution in [0.1, 0.15) is 26.2 Å². The van der Waals surface area contributed by atoms with E-state index in [0.717, 1.165) is 12.1 Å². The van der Waals surface area contributed by atoms with Gasteiger partial charge in [0.25, 0.3) is 0 Å². The number of likely N-dealkylation sites (N-methyl/N-ethyl adjacent to an activating group) is 1. The highest BCUT2D eigenvalue weighted by Crippen LogP contribution is 2.24. The number of nitrogens with zero attached hydrogens (tertiary/aromatic N) is 1. The lowest BCUT2D eigenvalue weighted by Gasteiger charge is -2.37. The van der Waals surface area contributed by atoms with Crippen molar-refractivity contribution in [1.82, 2.24) is 10.2 Å². The predicted octanol–water partition coefficient (Wildman–Crippen LogP) is 1.57. The molecule has 14 heavy (non-hydrogen) atoms. The lowest BCUT2D eigenvalue weighted by atomic mass is 10.1. The maximum atomic E-state index is 3.48. The van der Waals surface area contributed by atoms with E-state index in [1.807, 2.05) is 0 Å². The third-order valence-electron chi connectivity index (χ3n) is 3.53. The van der Waals surface area contributed by atoms with Crippen LogP contribution in [-0.2, 0) is 0 Å². The van der Waals surface area contributed by atoms with Crippen molar-refractivity contribution < 1.29 is 0 Å². The van der Waals surface area contributed by atoms with E-state index in [1.54, 1.807) is 0 Å². The standard InChI is InChI=1S/C11H22N2S/c1-2-13(11-3-6-12-9-11)10-4-7-14-8-5-10/h10-12H,2-9H2,1H3. The van der Waals surface area contributed by atoms with E-state index in [4.69, 9.17) is 0 Å². The van der Waals surface area contributed by atoms with Crippen LogP contribution in [0.15, 0.2) is 0 Å². The summed E-state index contributed by atoms with van der Waals surface area (Å²) in [5, 5.41) is 3.48. The molecule has 0 aromatic rings. The second kappa shape index (κ2) is 5.38.